The first-order valence-electron chi connectivity index (χ1n) is 8.02. The van der Waals surface area contributed by atoms with Crippen LogP contribution < -0.4 is 5.32 Å². The van der Waals surface area contributed by atoms with Crippen molar-refractivity contribution in [1.29, 1.82) is 0 Å². The lowest BCUT2D eigenvalue weighted by atomic mass is 10.1. The highest BCUT2D eigenvalue weighted by atomic mass is 16.6. The van der Waals surface area contributed by atoms with E-state index in [9.17, 15) is 4.79 Å². The minimum Gasteiger partial charge on any atom is -0.441 e. The maximum atomic E-state index is 12.2. The molecule has 0 radical (unpaired) electrons. The third kappa shape index (κ3) is 3.50. The topological polar surface area (TPSA) is 89.6 Å². The summed E-state index contributed by atoms with van der Waals surface area (Å²) in [5.74, 6) is 0.349. The zero-order chi connectivity index (χ0) is 17.1. The number of rotatable bonds is 5. The Morgan fingerprint density at radius 3 is 3.00 bits per heavy atom. The maximum absolute atomic E-state index is 12.2. The van der Waals surface area contributed by atoms with Gasteiger partial charge in [-0.25, -0.2) is 4.98 Å². The average Bonchev–Trinajstić information content (AvgIpc) is 3.27. The van der Waals surface area contributed by atoms with E-state index in [0.29, 0.717) is 31.0 Å². The summed E-state index contributed by atoms with van der Waals surface area (Å²) in [6.07, 6.45) is 4.06. The van der Waals surface area contributed by atoms with Crippen LogP contribution in [0.4, 0.5) is 0 Å². The Kier molecular flexibility index (Phi) is 4.12. The fourth-order valence-electron chi connectivity index (χ4n) is 2.66. The number of benzene rings is 1. The van der Waals surface area contributed by atoms with Crippen molar-refractivity contribution in [3.63, 3.8) is 0 Å². The molecule has 3 heterocycles. The molecular weight excluding hydrogens is 320 g/mol. The van der Waals surface area contributed by atoms with E-state index >= 15 is 0 Å². The quantitative estimate of drug-likeness (QED) is 0.772. The number of hydrogen-bond acceptors (Lipinski definition) is 6. The number of nitrogens with zero attached hydrogens (tertiary/aromatic N) is 3. The molecule has 0 bridgehead atoms. The summed E-state index contributed by atoms with van der Waals surface area (Å²) < 4.78 is 5.68. The van der Waals surface area contributed by atoms with Gasteiger partial charge in [-0.3, -0.25) is 9.78 Å². The number of pyridine rings is 1. The molecule has 0 saturated carbocycles. The van der Waals surface area contributed by atoms with E-state index in [0.717, 1.165) is 16.7 Å². The third-order valence-electron chi connectivity index (χ3n) is 3.91. The SMILES string of the molecule is O=C(NCc1cccnc1)C1=NO[C@H](Cc2nc3ccccc3o2)C1. The van der Waals surface area contributed by atoms with E-state index in [-0.39, 0.29) is 12.0 Å². The number of carbonyl (C=O) groups excluding carboxylic acids is 1. The van der Waals surface area contributed by atoms with Crippen LogP contribution in [-0.4, -0.2) is 27.7 Å². The first kappa shape index (κ1) is 15.3. The molecule has 2 aromatic heterocycles. The summed E-state index contributed by atoms with van der Waals surface area (Å²) in [5.41, 5.74) is 2.86. The zero-order valence-electron chi connectivity index (χ0n) is 13.4. The summed E-state index contributed by atoms with van der Waals surface area (Å²) in [7, 11) is 0. The van der Waals surface area contributed by atoms with Crippen LogP contribution in [0.2, 0.25) is 0 Å². The van der Waals surface area contributed by atoms with Gasteiger partial charge >= 0.3 is 0 Å². The lowest BCUT2D eigenvalue weighted by Crippen LogP contribution is -2.30. The molecule has 3 aromatic rings. The van der Waals surface area contributed by atoms with Crippen LogP contribution in [0.1, 0.15) is 17.9 Å². The van der Waals surface area contributed by atoms with Gasteiger partial charge in [0, 0.05) is 25.4 Å². The molecule has 1 aliphatic heterocycles. The number of oxazole rings is 1. The Labute approximate surface area is 143 Å². The molecule has 1 atom stereocenters. The zero-order valence-corrected chi connectivity index (χ0v) is 13.4. The number of para-hydroxylation sites is 2. The molecule has 7 heteroatoms. The summed E-state index contributed by atoms with van der Waals surface area (Å²) in [6, 6.07) is 11.3. The van der Waals surface area contributed by atoms with Crippen molar-refractivity contribution < 1.29 is 14.0 Å². The van der Waals surface area contributed by atoms with Crippen LogP contribution in [0.25, 0.3) is 11.1 Å². The molecule has 1 aliphatic rings. The first-order valence-corrected chi connectivity index (χ1v) is 8.02. The highest BCUT2D eigenvalue weighted by Crippen LogP contribution is 2.20. The lowest BCUT2D eigenvalue weighted by Gasteiger charge is -2.05. The second kappa shape index (κ2) is 6.72. The summed E-state index contributed by atoms with van der Waals surface area (Å²) in [4.78, 5) is 26.0. The molecule has 1 N–H and O–H groups in total. The van der Waals surface area contributed by atoms with Crippen molar-refractivity contribution in [3.05, 3.63) is 60.2 Å². The van der Waals surface area contributed by atoms with Crippen molar-refractivity contribution in [2.45, 2.75) is 25.5 Å². The molecule has 126 valence electrons. The Hall–Kier alpha value is -3.22. The van der Waals surface area contributed by atoms with Gasteiger partial charge in [0.05, 0.1) is 6.42 Å². The van der Waals surface area contributed by atoms with Gasteiger partial charge in [0.15, 0.2) is 11.5 Å². The Balaban J connectivity index is 1.32. The molecule has 0 aliphatic carbocycles. The second-order valence-corrected chi connectivity index (χ2v) is 5.79. The number of amides is 1. The van der Waals surface area contributed by atoms with Crippen molar-refractivity contribution in [3.8, 4) is 0 Å². The Bertz CT molecular complexity index is 887. The van der Waals surface area contributed by atoms with E-state index in [1.54, 1.807) is 12.4 Å². The Morgan fingerprint density at radius 2 is 2.16 bits per heavy atom. The highest BCUT2D eigenvalue weighted by molar-refractivity contribution is 6.39. The predicted molar refractivity (Wildman–Crippen MR) is 90.7 cm³/mol. The van der Waals surface area contributed by atoms with E-state index in [1.807, 2.05) is 36.4 Å². The minimum atomic E-state index is -0.243. The monoisotopic (exact) mass is 336 g/mol. The predicted octanol–water partition coefficient (Wildman–Crippen LogP) is 2.23. The molecule has 1 aromatic carbocycles. The maximum Gasteiger partial charge on any atom is 0.269 e. The number of oxime groups is 1. The number of carbonyl (C=O) groups is 1. The van der Waals surface area contributed by atoms with E-state index in [1.165, 1.54) is 0 Å². The fraction of sp³-hybridized carbons (Fsp3) is 0.222. The highest BCUT2D eigenvalue weighted by Gasteiger charge is 2.27. The summed E-state index contributed by atoms with van der Waals surface area (Å²) in [6.45, 7) is 0.404. The number of nitrogens with one attached hydrogen (secondary N) is 1. The van der Waals surface area contributed by atoms with Crippen molar-refractivity contribution in [2.75, 3.05) is 0 Å². The molecular formula is C18H16N4O3. The smallest absolute Gasteiger partial charge is 0.269 e. The number of aromatic nitrogens is 2. The van der Waals surface area contributed by atoms with Gasteiger partial charge in [0.25, 0.3) is 5.91 Å². The van der Waals surface area contributed by atoms with Crippen LogP contribution in [-0.2, 0) is 22.6 Å². The van der Waals surface area contributed by atoms with E-state index in [4.69, 9.17) is 9.25 Å². The van der Waals surface area contributed by atoms with Gasteiger partial charge < -0.3 is 14.6 Å². The van der Waals surface area contributed by atoms with Crippen LogP contribution in [0.5, 0.6) is 0 Å². The van der Waals surface area contributed by atoms with Gasteiger partial charge in [-0.2, -0.15) is 0 Å². The van der Waals surface area contributed by atoms with Crippen LogP contribution in [0.15, 0.2) is 58.4 Å². The molecule has 1 amide bonds. The molecule has 0 spiro atoms. The summed E-state index contributed by atoms with van der Waals surface area (Å²) in [5, 5.41) is 6.72. The van der Waals surface area contributed by atoms with Crippen molar-refractivity contribution in [1.82, 2.24) is 15.3 Å². The van der Waals surface area contributed by atoms with E-state index < -0.39 is 0 Å². The lowest BCUT2D eigenvalue weighted by molar-refractivity contribution is -0.115. The van der Waals surface area contributed by atoms with Crippen molar-refractivity contribution in [2.24, 2.45) is 5.16 Å². The molecule has 0 fully saturated rings. The standard InChI is InChI=1S/C18H16N4O3/c23-18(20-11-12-4-3-7-19-10-12)15-8-13(25-22-15)9-17-21-14-5-1-2-6-16(14)24-17/h1-7,10,13H,8-9,11H2,(H,20,23)/t13-/m0/s1. The van der Waals surface area contributed by atoms with Crippen LogP contribution in [0, 0.1) is 0 Å². The first-order chi connectivity index (χ1) is 12.3. The number of hydrogen-bond donors (Lipinski definition) is 1. The average molecular weight is 336 g/mol. The Morgan fingerprint density at radius 1 is 1.24 bits per heavy atom. The molecule has 7 nitrogen and oxygen atoms in total. The van der Waals surface area contributed by atoms with Crippen LogP contribution >= 0.6 is 0 Å². The van der Waals surface area contributed by atoms with Gasteiger partial charge in [-0.05, 0) is 23.8 Å². The molecule has 4 rings (SSSR count). The summed E-state index contributed by atoms with van der Waals surface area (Å²) >= 11 is 0. The normalized spacial score (nSPS) is 16.5. The molecule has 0 saturated heterocycles. The second-order valence-electron chi connectivity index (χ2n) is 5.79. The third-order valence-corrected chi connectivity index (χ3v) is 3.91. The largest absolute Gasteiger partial charge is 0.441 e. The van der Waals surface area contributed by atoms with E-state index in [2.05, 4.69) is 20.4 Å². The van der Waals surface area contributed by atoms with Gasteiger partial charge in [0.1, 0.15) is 17.3 Å². The van der Waals surface area contributed by atoms with Gasteiger partial charge in [0.2, 0.25) is 0 Å². The van der Waals surface area contributed by atoms with Crippen LogP contribution in [0.3, 0.4) is 0 Å². The molecule has 0 unspecified atom stereocenters. The molecule has 25 heavy (non-hydrogen) atoms. The van der Waals surface area contributed by atoms with Gasteiger partial charge in [-0.1, -0.05) is 23.4 Å². The van der Waals surface area contributed by atoms with Crippen molar-refractivity contribution >= 4 is 22.7 Å². The van der Waals surface area contributed by atoms with Gasteiger partial charge in [-0.15, -0.1) is 0 Å². The number of fused-ring (bicyclic) bond motifs is 1. The minimum absolute atomic E-state index is 0.232. The fourth-order valence-corrected chi connectivity index (χ4v) is 2.66.